The molecule has 1 aromatic heterocycles. The number of benzene rings is 3. The lowest BCUT2D eigenvalue weighted by atomic mass is 10.1. The van der Waals surface area contributed by atoms with Crippen LogP contribution in [0.2, 0.25) is 0 Å². The first-order valence-electron chi connectivity index (χ1n) is 13.0. The van der Waals surface area contributed by atoms with Gasteiger partial charge in [0, 0.05) is 46.1 Å². The van der Waals surface area contributed by atoms with Gasteiger partial charge in [-0.3, -0.25) is 19.2 Å². The summed E-state index contributed by atoms with van der Waals surface area (Å²) in [4.78, 5) is 31.3. The van der Waals surface area contributed by atoms with Crippen LogP contribution in [0, 0.1) is 0 Å². The Hall–Kier alpha value is -3.82. The van der Waals surface area contributed by atoms with Crippen LogP contribution < -0.4 is 5.32 Å². The molecule has 0 bridgehead atoms. The number of amides is 2. The molecule has 0 fully saturated rings. The van der Waals surface area contributed by atoms with E-state index in [-0.39, 0.29) is 24.1 Å². The number of hydrogen-bond donors (Lipinski definition) is 2. The number of aromatic hydroxyl groups is 1. The highest BCUT2D eigenvalue weighted by Crippen LogP contribution is 2.51. The van der Waals surface area contributed by atoms with Crippen LogP contribution in [0.1, 0.15) is 34.6 Å². The molecule has 0 unspecified atom stereocenters. The third-order valence-electron chi connectivity index (χ3n) is 7.35. The third kappa shape index (κ3) is 4.02. The first-order chi connectivity index (χ1) is 18.5. The zero-order valence-corrected chi connectivity index (χ0v) is 22.2. The lowest BCUT2D eigenvalue weighted by Gasteiger charge is -2.20. The van der Waals surface area contributed by atoms with Crippen molar-refractivity contribution in [2.45, 2.75) is 30.2 Å². The van der Waals surface area contributed by atoms with Crippen molar-refractivity contribution in [1.29, 1.82) is 0 Å². The Morgan fingerprint density at radius 3 is 2.39 bits per heavy atom. The van der Waals surface area contributed by atoms with Crippen molar-refractivity contribution in [1.82, 2.24) is 19.6 Å². The van der Waals surface area contributed by atoms with Crippen molar-refractivity contribution < 1.29 is 14.7 Å². The Morgan fingerprint density at radius 1 is 0.947 bits per heavy atom. The molecular formula is C29H29N5O3S. The number of carbonyl (C=O) groups is 2. The first-order valence-corrected chi connectivity index (χ1v) is 13.8. The smallest absolute Gasteiger partial charge is 0.261 e. The van der Waals surface area contributed by atoms with Gasteiger partial charge >= 0.3 is 0 Å². The maximum Gasteiger partial charge on any atom is 0.261 e. The summed E-state index contributed by atoms with van der Waals surface area (Å²) in [5.41, 5.74) is 4.70. The average molecular weight is 528 g/mol. The van der Waals surface area contributed by atoms with Crippen LogP contribution in [0.25, 0.3) is 22.2 Å². The number of rotatable bonds is 9. The predicted octanol–water partition coefficient (Wildman–Crippen LogP) is 4.92. The molecule has 2 aliphatic heterocycles. The minimum atomic E-state index is -0.246. The van der Waals surface area contributed by atoms with Gasteiger partial charge in [0.15, 0.2) is 0 Å². The fourth-order valence-corrected chi connectivity index (χ4v) is 6.44. The average Bonchev–Trinajstić information content (AvgIpc) is 3.42. The van der Waals surface area contributed by atoms with Crippen LogP contribution in [-0.2, 0) is 6.54 Å². The highest BCUT2D eigenvalue weighted by atomic mass is 32.2. The van der Waals surface area contributed by atoms with Gasteiger partial charge in [0.1, 0.15) is 11.4 Å². The number of phenols is 1. The molecule has 4 aromatic rings. The van der Waals surface area contributed by atoms with E-state index in [0.29, 0.717) is 17.7 Å². The SMILES string of the molecule is CCN(CC)CCn1nc2c3c(c(NCCN4C(=O)c5ccccc5C4=O)ccc31)Sc1ccc(O)cc1-2. The monoisotopic (exact) mass is 527 g/mol. The number of anilines is 1. The summed E-state index contributed by atoms with van der Waals surface area (Å²) in [6.45, 7) is 8.67. The maximum absolute atomic E-state index is 12.8. The summed E-state index contributed by atoms with van der Waals surface area (Å²) in [5.74, 6) is -0.276. The highest BCUT2D eigenvalue weighted by Gasteiger charge is 2.34. The van der Waals surface area contributed by atoms with Crippen LogP contribution in [-0.4, -0.2) is 69.2 Å². The third-order valence-corrected chi connectivity index (χ3v) is 8.56. The van der Waals surface area contributed by atoms with Gasteiger partial charge in [0.25, 0.3) is 11.8 Å². The molecule has 0 atom stereocenters. The fraction of sp³-hybridized carbons (Fsp3) is 0.276. The number of hydrogen-bond acceptors (Lipinski definition) is 7. The molecular weight excluding hydrogens is 498 g/mol. The second-order valence-corrected chi connectivity index (χ2v) is 10.5. The number of nitrogens with zero attached hydrogens (tertiary/aromatic N) is 4. The Labute approximate surface area is 225 Å². The Kier molecular flexibility index (Phi) is 6.33. The number of imide groups is 1. The zero-order chi connectivity index (χ0) is 26.4. The standard InChI is InChI=1S/C29H29N5O3S/c1-3-32(4-2)15-16-34-23-11-10-22(27-25(23)26(31-34)21-17-18(35)9-12-24(21)38-27)30-13-14-33-28(36)19-7-5-6-8-20(19)29(33)37/h5-12,17,30,35H,3-4,13-16H2,1-2H3. The number of phenolic OH excluding ortho intramolecular Hbond substituents is 1. The van der Waals surface area contributed by atoms with Gasteiger partial charge in [-0.1, -0.05) is 37.7 Å². The van der Waals surface area contributed by atoms with Crippen LogP contribution in [0.3, 0.4) is 0 Å². The maximum atomic E-state index is 12.8. The minimum Gasteiger partial charge on any atom is -0.508 e. The zero-order valence-electron chi connectivity index (χ0n) is 21.4. The van der Waals surface area contributed by atoms with Crippen molar-refractivity contribution in [2.24, 2.45) is 0 Å². The van der Waals surface area contributed by atoms with E-state index < -0.39 is 0 Å². The number of carbonyl (C=O) groups excluding carboxylic acids is 2. The summed E-state index contributed by atoms with van der Waals surface area (Å²) in [6, 6.07) is 16.5. The number of likely N-dealkylation sites (N-methyl/N-ethyl adjacent to an activating group) is 1. The molecule has 0 saturated carbocycles. The van der Waals surface area contributed by atoms with Crippen LogP contribution in [0.5, 0.6) is 5.75 Å². The van der Waals surface area contributed by atoms with E-state index in [4.69, 9.17) is 5.10 Å². The molecule has 194 valence electrons. The van der Waals surface area contributed by atoms with Crippen molar-refractivity contribution >= 4 is 40.2 Å². The predicted molar refractivity (Wildman–Crippen MR) is 149 cm³/mol. The largest absolute Gasteiger partial charge is 0.508 e. The summed E-state index contributed by atoms with van der Waals surface area (Å²) >= 11 is 1.65. The van der Waals surface area contributed by atoms with E-state index >= 15 is 0 Å². The van der Waals surface area contributed by atoms with E-state index in [9.17, 15) is 14.7 Å². The Balaban J connectivity index is 1.30. The first kappa shape index (κ1) is 24.5. The van der Waals surface area contributed by atoms with Gasteiger partial charge in [-0.05, 0) is 55.6 Å². The fourth-order valence-electron chi connectivity index (χ4n) is 5.27. The molecule has 38 heavy (non-hydrogen) atoms. The van der Waals surface area contributed by atoms with Crippen LogP contribution >= 0.6 is 11.8 Å². The molecule has 0 radical (unpaired) electrons. The van der Waals surface area contributed by atoms with Crippen molar-refractivity contribution in [3.63, 3.8) is 0 Å². The van der Waals surface area contributed by atoms with Gasteiger partial charge in [-0.15, -0.1) is 0 Å². The molecule has 6 rings (SSSR count). The Morgan fingerprint density at radius 2 is 1.68 bits per heavy atom. The summed E-state index contributed by atoms with van der Waals surface area (Å²) in [5, 5.41) is 19.7. The highest BCUT2D eigenvalue weighted by molar-refractivity contribution is 8.00. The molecule has 0 saturated heterocycles. The minimum absolute atomic E-state index is 0.217. The van der Waals surface area contributed by atoms with E-state index in [1.54, 1.807) is 48.2 Å². The molecule has 3 aromatic carbocycles. The van der Waals surface area contributed by atoms with E-state index in [1.807, 2.05) is 6.07 Å². The molecule has 2 amide bonds. The molecule has 9 heteroatoms. The molecule has 3 heterocycles. The van der Waals surface area contributed by atoms with Crippen molar-refractivity contribution in [2.75, 3.05) is 38.0 Å². The van der Waals surface area contributed by atoms with Gasteiger partial charge in [0.05, 0.1) is 23.2 Å². The van der Waals surface area contributed by atoms with Crippen molar-refractivity contribution in [3.05, 3.63) is 65.7 Å². The van der Waals surface area contributed by atoms with Gasteiger partial charge in [-0.2, -0.15) is 5.10 Å². The lowest BCUT2D eigenvalue weighted by Crippen LogP contribution is -2.34. The quantitative estimate of drug-likeness (QED) is 0.263. The van der Waals surface area contributed by atoms with Gasteiger partial charge in [-0.25, -0.2) is 0 Å². The summed E-state index contributed by atoms with van der Waals surface area (Å²) in [7, 11) is 0. The van der Waals surface area contributed by atoms with E-state index in [0.717, 1.165) is 63.8 Å². The molecule has 8 nitrogen and oxygen atoms in total. The Bertz CT molecular complexity index is 1540. The van der Waals surface area contributed by atoms with Crippen LogP contribution in [0.4, 0.5) is 5.69 Å². The molecule has 2 N–H and O–H groups in total. The summed E-state index contributed by atoms with van der Waals surface area (Å²) in [6.07, 6.45) is 0. The van der Waals surface area contributed by atoms with E-state index in [1.165, 1.54) is 4.90 Å². The lowest BCUT2D eigenvalue weighted by molar-refractivity contribution is 0.0660. The van der Waals surface area contributed by atoms with Crippen molar-refractivity contribution in [3.8, 4) is 17.0 Å². The number of aromatic nitrogens is 2. The van der Waals surface area contributed by atoms with Gasteiger partial charge in [0.2, 0.25) is 0 Å². The second kappa shape index (κ2) is 9.81. The number of fused-ring (bicyclic) bond motifs is 3. The van der Waals surface area contributed by atoms with Crippen LogP contribution in [0.15, 0.2) is 64.4 Å². The van der Waals surface area contributed by atoms with Gasteiger partial charge < -0.3 is 15.3 Å². The number of nitrogens with one attached hydrogen (secondary N) is 1. The van der Waals surface area contributed by atoms with E-state index in [2.05, 4.69) is 40.9 Å². The molecule has 2 aliphatic rings. The molecule has 0 spiro atoms. The normalized spacial score (nSPS) is 13.9. The molecule has 0 aliphatic carbocycles. The topological polar surface area (TPSA) is 90.7 Å². The summed E-state index contributed by atoms with van der Waals surface area (Å²) < 4.78 is 2.06. The second-order valence-electron chi connectivity index (χ2n) is 9.45.